The number of aromatic nitrogens is 2. The number of hydrogen-bond donors (Lipinski definition) is 0. The molecule has 0 unspecified atom stereocenters. The van der Waals surface area contributed by atoms with Crippen LogP contribution in [-0.2, 0) is 5.41 Å². The SMILES string of the molecule is [2H]c1c(Oc2ccc3c4ccccc4n(-c4ncc(C(C)(C)C)s4)c3c2)cc(N2CN(C)C=C2c2ccccc2)c([2H])c1[2H]. The number of hydrogen-bond acceptors (Lipinski definition) is 5. The van der Waals surface area contributed by atoms with Gasteiger partial charge >= 0.3 is 0 Å². The summed E-state index contributed by atoms with van der Waals surface area (Å²) in [7, 11) is 1.98. The summed E-state index contributed by atoms with van der Waals surface area (Å²) >= 11 is 1.68. The molecule has 0 atom stereocenters. The van der Waals surface area contributed by atoms with E-state index in [-0.39, 0.29) is 29.3 Å². The molecule has 4 aromatic carbocycles. The van der Waals surface area contributed by atoms with Crippen LogP contribution >= 0.6 is 11.3 Å². The largest absolute Gasteiger partial charge is 0.457 e. The van der Waals surface area contributed by atoms with Crippen molar-refractivity contribution in [3.05, 3.63) is 120 Å². The number of nitrogens with zero attached hydrogens (tertiary/aromatic N) is 4. The maximum absolute atomic E-state index is 8.78. The van der Waals surface area contributed by atoms with Crippen molar-refractivity contribution in [2.24, 2.45) is 0 Å². The van der Waals surface area contributed by atoms with Gasteiger partial charge in [0.15, 0.2) is 5.13 Å². The first-order chi connectivity index (χ1) is 21.1. The van der Waals surface area contributed by atoms with Gasteiger partial charge in [-0.15, -0.1) is 11.3 Å². The quantitative estimate of drug-likeness (QED) is 0.211. The van der Waals surface area contributed by atoms with Gasteiger partial charge in [-0.1, -0.05) is 75.3 Å². The Labute approximate surface area is 248 Å². The minimum absolute atomic E-state index is 0.00604. The number of benzene rings is 4. The van der Waals surface area contributed by atoms with Crippen LogP contribution in [0.2, 0.25) is 0 Å². The molecule has 7 rings (SSSR count). The fourth-order valence-corrected chi connectivity index (χ4v) is 6.28. The topological polar surface area (TPSA) is 33.5 Å². The van der Waals surface area contributed by atoms with Crippen molar-refractivity contribution < 1.29 is 8.85 Å². The fourth-order valence-electron chi connectivity index (χ4n) is 5.28. The van der Waals surface area contributed by atoms with E-state index in [0.717, 1.165) is 38.2 Å². The van der Waals surface area contributed by atoms with Gasteiger partial charge in [0.25, 0.3) is 0 Å². The number of thiazole rings is 1. The van der Waals surface area contributed by atoms with Crippen LogP contribution in [0.4, 0.5) is 5.69 Å². The second-order valence-corrected chi connectivity index (χ2v) is 12.4. The van der Waals surface area contributed by atoms with E-state index in [2.05, 4.69) is 37.5 Å². The number of para-hydroxylation sites is 1. The lowest BCUT2D eigenvalue weighted by atomic mass is 9.96. The van der Waals surface area contributed by atoms with E-state index < -0.39 is 0 Å². The molecule has 0 amide bonds. The summed E-state index contributed by atoms with van der Waals surface area (Å²) in [5.41, 5.74) is 4.45. The molecule has 0 saturated carbocycles. The van der Waals surface area contributed by atoms with E-state index in [1.54, 1.807) is 17.4 Å². The highest BCUT2D eigenvalue weighted by Crippen LogP contribution is 2.39. The van der Waals surface area contributed by atoms with Gasteiger partial charge in [0.1, 0.15) is 11.5 Å². The molecule has 0 fully saturated rings. The van der Waals surface area contributed by atoms with Crippen molar-refractivity contribution in [3.8, 4) is 16.6 Å². The van der Waals surface area contributed by atoms with Gasteiger partial charge in [0.05, 0.1) is 27.5 Å². The van der Waals surface area contributed by atoms with E-state index in [1.807, 2.05) is 89.9 Å². The number of anilines is 1. The van der Waals surface area contributed by atoms with Crippen LogP contribution < -0.4 is 9.64 Å². The van der Waals surface area contributed by atoms with Crippen molar-refractivity contribution >= 4 is 44.5 Å². The first kappa shape index (κ1) is 22.2. The molecule has 3 heterocycles. The van der Waals surface area contributed by atoms with Crippen molar-refractivity contribution in [2.45, 2.75) is 26.2 Å². The van der Waals surface area contributed by atoms with E-state index in [1.165, 1.54) is 4.88 Å². The predicted octanol–water partition coefficient (Wildman–Crippen LogP) is 9.04. The number of rotatable bonds is 5. The van der Waals surface area contributed by atoms with Gasteiger partial charge in [-0.3, -0.25) is 4.57 Å². The summed E-state index contributed by atoms with van der Waals surface area (Å²) in [6, 6.07) is 25.6. The van der Waals surface area contributed by atoms with Crippen LogP contribution in [0.1, 0.15) is 35.3 Å². The Hall–Kier alpha value is -4.55. The summed E-state index contributed by atoms with van der Waals surface area (Å²) in [6.45, 7) is 7.09. The summed E-state index contributed by atoms with van der Waals surface area (Å²) in [5, 5.41) is 3.08. The molecule has 0 saturated heterocycles. The Balaban J connectivity index is 1.32. The smallest absolute Gasteiger partial charge is 0.194 e. The van der Waals surface area contributed by atoms with Gasteiger partial charge in [-0.05, 0) is 41.3 Å². The molecule has 41 heavy (non-hydrogen) atoms. The Morgan fingerprint density at radius 3 is 2.46 bits per heavy atom. The third-order valence-corrected chi connectivity index (χ3v) is 8.71. The highest BCUT2D eigenvalue weighted by Gasteiger charge is 2.23. The van der Waals surface area contributed by atoms with Gasteiger partial charge in [-0.2, -0.15) is 0 Å². The third-order valence-electron chi connectivity index (χ3n) is 7.30. The maximum atomic E-state index is 8.78. The van der Waals surface area contributed by atoms with Crippen LogP contribution in [0.15, 0.2) is 109 Å². The zero-order valence-electron chi connectivity index (χ0n) is 26.5. The van der Waals surface area contributed by atoms with Crippen LogP contribution in [0.3, 0.4) is 0 Å². The average Bonchev–Trinajstić information content (AvgIpc) is 3.73. The molecule has 1 aliphatic rings. The van der Waals surface area contributed by atoms with Crippen LogP contribution in [0.25, 0.3) is 32.6 Å². The van der Waals surface area contributed by atoms with Crippen molar-refractivity contribution in [1.82, 2.24) is 14.5 Å². The number of fused-ring (bicyclic) bond motifs is 3. The normalized spacial score (nSPS) is 14.8. The zero-order chi connectivity index (χ0) is 30.7. The highest BCUT2D eigenvalue weighted by molar-refractivity contribution is 7.14. The van der Waals surface area contributed by atoms with Gasteiger partial charge in [-0.25, -0.2) is 4.98 Å². The summed E-state index contributed by atoms with van der Waals surface area (Å²) in [6.07, 6.45) is 3.99. The molecule has 2 aromatic heterocycles. The minimum Gasteiger partial charge on any atom is -0.457 e. The molecule has 0 aliphatic carbocycles. The Bertz CT molecular complexity index is 2080. The molecule has 6 heteroatoms. The maximum Gasteiger partial charge on any atom is 0.194 e. The predicted molar refractivity (Wildman–Crippen MR) is 171 cm³/mol. The summed E-state index contributed by atoms with van der Waals surface area (Å²) in [4.78, 5) is 10.1. The van der Waals surface area contributed by atoms with Crippen LogP contribution in [0.5, 0.6) is 11.5 Å². The molecular formula is C35H32N4OS. The van der Waals surface area contributed by atoms with Gasteiger partial charge < -0.3 is 14.5 Å². The number of ether oxygens (including phenoxy) is 1. The van der Waals surface area contributed by atoms with Gasteiger partial charge in [0, 0.05) is 52.9 Å². The molecular weight excluding hydrogens is 524 g/mol. The summed E-state index contributed by atoms with van der Waals surface area (Å²) < 4.78 is 34.7. The third kappa shape index (κ3) is 4.64. The molecule has 0 radical (unpaired) electrons. The average molecular weight is 560 g/mol. The molecule has 1 aliphatic heterocycles. The zero-order valence-corrected chi connectivity index (χ0v) is 24.3. The molecule has 0 bridgehead atoms. The fraction of sp³-hybridized carbons (Fsp3) is 0.171. The monoisotopic (exact) mass is 559 g/mol. The molecule has 6 aromatic rings. The highest BCUT2D eigenvalue weighted by atomic mass is 32.1. The second kappa shape index (κ2) is 9.82. The van der Waals surface area contributed by atoms with Gasteiger partial charge in [0.2, 0.25) is 0 Å². The molecule has 204 valence electrons. The van der Waals surface area contributed by atoms with E-state index in [9.17, 15) is 0 Å². The van der Waals surface area contributed by atoms with Crippen LogP contribution in [-0.4, -0.2) is 28.2 Å². The van der Waals surface area contributed by atoms with E-state index in [4.69, 9.17) is 13.8 Å². The standard InChI is InChI=1S/C35H32N4OS/c1-35(2,3)33-21-36-34(41-33)39-30-16-9-8-15-28(30)29-18-17-27(20-31(29)39)40-26-14-10-13-25(19-26)38-23-37(4)22-32(38)24-11-6-5-7-12-24/h5-22H,23H2,1-4H3/i10D,13D,14D. The Morgan fingerprint density at radius 1 is 0.878 bits per heavy atom. The molecule has 0 N–H and O–H groups in total. The van der Waals surface area contributed by atoms with E-state index in [0.29, 0.717) is 18.1 Å². The molecule has 0 spiro atoms. The first-order valence-electron chi connectivity index (χ1n) is 15.1. The Morgan fingerprint density at radius 2 is 1.66 bits per heavy atom. The first-order valence-corrected chi connectivity index (χ1v) is 14.5. The van der Waals surface area contributed by atoms with Crippen molar-refractivity contribution in [3.63, 3.8) is 0 Å². The minimum atomic E-state index is -0.174. The van der Waals surface area contributed by atoms with Crippen LogP contribution in [0, 0.1) is 0 Å². The Kier molecular flexibility index (Phi) is 5.31. The lowest BCUT2D eigenvalue weighted by Crippen LogP contribution is -2.23. The molecule has 5 nitrogen and oxygen atoms in total. The lowest BCUT2D eigenvalue weighted by Gasteiger charge is -2.23. The van der Waals surface area contributed by atoms with E-state index >= 15 is 0 Å². The lowest BCUT2D eigenvalue weighted by molar-refractivity contribution is 0.481. The second-order valence-electron chi connectivity index (χ2n) is 11.4. The summed E-state index contributed by atoms with van der Waals surface area (Å²) in [5.74, 6) is 0.775. The van der Waals surface area contributed by atoms with Crippen molar-refractivity contribution in [1.29, 1.82) is 0 Å². The van der Waals surface area contributed by atoms with Crippen molar-refractivity contribution in [2.75, 3.05) is 18.6 Å².